The van der Waals surface area contributed by atoms with Crippen LogP contribution in [0.25, 0.3) is 0 Å². The van der Waals surface area contributed by atoms with Crippen molar-refractivity contribution in [3.8, 4) is 0 Å². The van der Waals surface area contributed by atoms with Gasteiger partial charge in [0.2, 0.25) is 0 Å². The van der Waals surface area contributed by atoms with E-state index in [0.29, 0.717) is 16.9 Å². The SMILES string of the molecule is CCC(O)CNC1CC2CCC1(C)C2(C)C. The first-order valence-electron chi connectivity index (χ1n) is 6.83. The summed E-state index contributed by atoms with van der Waals surface area (Å²) >= 11 is 0. The van der Waals surface area contributed by atoms with Crippen LogP contribution in [0.4, 0.5) is 0 Å². The second-order valence-corrected chi connectivity index (χ2v) is 6.63. The maximum absolute atomic E-state index is 9.64. The summed E-state index contributed by atoms with van der Waals surface area (Å²) in [4.78, 5) is 0. The van der Waals surface area contributed by atoms with Gasteiger partial charge in [-0.2, -0.15) is 0 Å². The van der Waals surface area contributed by atoms with E-state index in [1.54, 1.807) is 0 Å². The molecular weight excluding hydrogens is 198 g/mol. The normalized spacial score (nSPS) is 42.6. The first-order chi connectivity index (χ1) is 7.41. The topological polar surface area (TPSA) is 32.3 Å². The lowest BCUT2D eigenvalue weighted by Gasteiger charge is -2.40. The van der Waals surface area contributed by atoms with Crippen LogP contribution in [0.3, 0.4) is 0 Å². The number of hydrogen-bond acceptors (Lipinski definition) is 2. The van der Waals surface area contributed by atoms with E-state index in [4.69, 9.17) is 0 Å². The monoisotopic (exact) mass is 225 g/mol. The lowest BCUT2D eigenvalue weighted by molar-refractivity contribution is 0.104. The average Bonchev–Trinajstić information content (AvgIpc) is 2.58. The van der Waals surface area contributed by atoms with Crippen molar-refractivity contribution in [3.05, 3.63) is 0 Å². The van der Waals surface area contributed by atoms with E-state index >= 15 is 0 Å². The minimum Gasteiger partial charge on any atom is -0.392 e. The number of aliphatic hydroxyl groups excluding tert-OH is 1. The second-order valence-electron chi connectivity index (χ2n) is 6.63. The summed E-state index contributed by atoms with van der Waals surface area (Å²) in [6.07, 6.45) is 4.73. The fraction of sp³-hybridized carbons (Fsp3) is 1.00. The van der Waals surface area contributed by atoms with Gasteiger partial charge in [0.25, 0.3) is 0 Å². The second kappa shape index (κ2) is 3.99. The molecular formula is C14H27NO. The smallest absolute Gasteiger partial charge is 0.0662 e. The van der Waals surface area contributed by atoms with Gasteiger partial charge in [-0.25, -0.2) is 0 Å². The molecule has 0 aromatic heterocycles. The van der Waals surface area contributed by atoms with Gasteiger partial charge in [-0.1, -0.05) is 27.7 Å². The van der Waals surface area contributed by atoms with Crippen LogP contribution in [0.2, 0.25) is 0 Å². The Morgan fingerprint density at radius 1 is 1.38 bits per heavy atom. The Hall–Kier alpha value is -0.0800. The molecule has 2 N–H and O–H groups in total. The maximum atomic E-state index is 9.64. The molecule has 2 rings (SSSR count). The predicted octanol–water partition coefficient (Wildman–Crippen LogP) is 2.56. The first-order valence-corrected chi connectivity index (χ1v) is 6.83. The molecule has 0 aromatic rings. The maximum Gasteiger partial charge on any atom is 0.0662 e. The van der Waals surface area contributed by atoms with Gasteiger partial charge in [-0.05, 0) is 42.4 Å². The Balaban J connectivity index is 1.99. The molecule has 2 fully saturated rings. The molecule has 0 amide bonds. The van der Waals surface area contributed by atoms with Crippen LogP contribution >= 0.6 is 0 Å². The van der Waals surface area contributed by atoms with Gasteiger partial charge >= 0.3 is 0 Å². The largest absolute Gasteiger partial charge is 0.392 e. The van der Waals surface area contributed by atoms with Crippen molar-refractivity contribution >= 4 is 0 Å². The zero-order valence-electron chi connectivity index (χ0n) is 11.2. The zero-order valence-corrected chi connectivity index (χ0v) is 11.2. The van der Waals surface area contributed by atoms with Gasteiger partial charge in [-0.3, -0.25) is 0 Å². The molecule has 16 heavy (non-hydrogen) atoms. The number of aliphatic hydroxyl groups is 1. The Morgan fingerprint density at radius 3 is 2.50 bits per heavy atom. The van der Waals surface area contributed by atoms with Gasteiger partial charge in [-0.15, -0.1) is 0 Å². The summed E-state index contributed by atoms with van der Waals surface area (Å²) in [5.74, 6) is 0.883. The predicted molar refractivity (Wildman–Crippen MR) is 67.3 cm³/mol. The van der Waals surface area contributed by atoms with Gasteiger partial charge in [0.15, 0.2) is 0 Å². The van der Waals surface area contributed by atoms with Crippen LogP contribution in [0.5, 0.6) is 0 Å². The minimum atomic E-state index is -0.175. The van der Waals surface area contributed by atoms with E-state index in [9.17, 15) is 5.11 Å². The zero-order chi connectivity index (χ0) is 12.0. The van der Waals surface area contributed by atoms with Gasteiger partial charge in [0.1, 0.15) is 0 Å². The lowest BCUT2D eigenvalue weighted by atomic mass is 9.69. The number of rotatable bonds is 4. The van der Waals surface area contributed by atoms with Crippen LogP contribution < -0.4 is 5.32 Å². The van der Waals surface area contributed by atoms with Crippen LogP contribution in [-0.4, -0.2) is 23.8 Å². The molecule has 2 heteroatoms. The van der Waals surface area contributed by atoms with Crippen LogP contribution in [0.1, 0.15) is 53.4 Å². The highest BCUT2D eigenvalue weighted by atomic mass is 16.3. The van der Waals surface area contributed by atoms with Crippen molar-refractivity contribution in [1.82, 2.24) is 5.32 Å². The van der Waals surface area contributed by atoms with Crippen molar-refractivity contribution in [2.75, 3.05) is 6.54 Å². The number of fused-ring (bicyclic) bond motifs is 2. The molecule has 0 aliphatic heterocycles. The van der Waals surface area contributed by atoms with E-state index in [1.165, 1.54) is 19.3 Å². The average molecular weight is 225 g/mol. The summed E-state index contributed by atoms with van der Waals surface area (Å²) in [6.45, 7) is 10.1. The fourth-order valence-electron chi connectivity index (χ4n) is 3.94. The molecule has 0 saturated heterocycles. The van der Waals surface area contributed by atoms with Crippen LogP contribution in [0, 0.1) is 16.7 Å². The lowest BCUT2D eigenvalue weighted by Crippen LogP contribution is -2.46. The van der Waals surface area contributed by atoms with E-state index in [1.807, 2.05) is 6.92 Å². The van der Waals surface area contributed by atoms with Crippen molar-refractivity contribution in [2.45, 2.75) is 65.5 Å². The van der Waals surface area contributed by atoms with Crippen LogP contribution in [0.15, 0.2) is 0 Å². The molecule has 2 aliphatic carbocycles. The van der Waals surface area contributed by atoms with Crippen molar-refractivity contribution in [1.29, 1.82) is 0 Å². The molecule has 2 aliphatic rings. The molecule has 94 valence electrons. The molecule has 0 aromatic carbocycles. The third-order valence-corrected chi connectivity index (χ3v) is 5.87. The van der Waals surface area contributed by atoms with E-state index in [-0.39, 0.29) is 6.10 Å². The molecule has 0 heterocycles. The third-order valence-electron chi connectivity index (χ3n) is 5.87. The molecule has 2 bridgehead atoms. The molecule has 2 nitrogen and oxygen atoms in total. The van der Waals surface area contributed by atoms with Crippen molar-refractivity contribution in [3.63, 3.8) is 0 Å². The number of nitrogens with one attached hydrogen (secondary N) is 1. The molecule has 4 atom stereocenters. The third kappa shape index (κ3) is 1.62. The van der Waals surface area contributed by atoms with E-state index in [2.05, 4.69) is 26.1 Å². The summed E-state index contributed by atoms with van der Waals surface area (Å²) in [5, 5.41) is 13.2. The first kappa shape index (κ1) is 12.4. The molecule has 4 unspecified atom stereocenters. The summed E-state index contributed by atoms with van der Waals surface area (Å²) in [7, 11) is 0. The summed E-state index contributed by atoms with van der Waals surface area (Å²) in [6, 6.07) is 0.613. The van der Waals surface area contributed by atoms with Gasteiger partial charge < -0.3 is 10.4 Å². The van der Waals surface area contributed by atoms with Crippen LogP contribution in [-0.2, 0) is 0 Å². The van der Waals surface area contributed by atoms with E-state index in [0.717, 1.165) is 18.9 Å². The molecule has 2 saturated carbocycles. The quantitative estimate of drug-likeness (QED) is 0.770. The molecule has 0 spiro atoms. The summed E-state index contributed by atoms with van der Waals surface area (Å²) in [5.41, 5.74) is 0.910. The summed E-state index contributed by atoms with van der Waals surface area (Å²) < 4.78 is 0. The Kier molecular flexibility index (Phi) is 3.09. The Morgan fingerprint density at radius 2 is 2.06 bits per heavy atom. The van der Waals surface area contributed by atoms with Crippen molar-refractivity contribution in [2.24, 2.45) is 16.7 Å². The minimum absolute atomic E-state index is 0.175. The number of hydrogen-bond donors (Lipinski definition) is 2. The Labute approximate surface area is 99.8 Å². The van der Waals surface area contributed by atoms with Crippen molar-refractivity contribution < 1.29 is 5.11 Å². The highest BCUT2D eigenvalue weighted by Gasteiger charge is 2.60. The highest BCUT2D eigenvalue weighted by Crippen LogP contribution is 2.65. The van der Waals surface area contributed by atoms with Gasteiger partial charge in [0, 0.05) is 12.6 Å². The van der Waals surface area contributed by atoms with E-state index < -0.39 is 0 Å². The van der Waals surface area contributed by atoms with Gasteiger partial charge in [0.05, 0.1) is 6.10 Å². The molecule has 0 radical (unpaired) electrons. The standard InChI is InChI=1S/C14H27NO/c1-5-11(16)9-15-12-8-10-6-7-14(12,4)13(10,2)3/h10-12,15-16H,5-9H2,1-4H3. The highest BCUT2D eigenvalue weighted by molar-refractivity contribution is 5.12. The Bertz CT molecular complexity index is 263. The fourth-order valence-corrected chi connectivity index (χ4v) is 3.94.